The molecule has 0 saturated carbocycles. The van der Waals surface area contributed by atoms with Crippen LogP contribution in [0.25, 0.3) is 0 Å². The van der Waals surface area contributed by atoms with Crippen molar-refractivity contribution in [2.45, 2.75) is 13.3 Å². The molecular weight excluding hydrogens is 276 g/mol. The molecule has 1 N–H and O–H groups in total. The van der Waals surface area contributed by atoms with E-state index in [1.165, 1.54) is 0 Å². The van der Waals surface area contributed by atoms with E-state index in [-0.39, 0.29) is 18.3 Å². The van der Waals surface area contributed by atoms with Crippen LogP contribution in [0, 0.1) is 0 Å². The first-order valence-corrected chi connectivity index (χ1v) is 6.24. The third-order valence-corrected chi connectivity index (χ3v) is 2.53. The van der Waals surface area contributed by atoms with Crippen LogP contribution in [0.3, 0.4) is 0 Å². The van der Waals surface area contributed by atoms with Crippen LogP contribution in [0.4, 0.5) is 5.69 Å². The minimum absolute atomic E-state index is 0. The molecule has 2 rings (SSSR count). The number of carbonyl (C=O) groups is 1. The van der Waals surface area contributed by atoms with Crippen LogP contribution in [0.2, 0.25) is 0 Å². The lowest BCUT2D eigenvalue weighted by Gasteiger charge is -2.07. The van der Waals surface area contributed by atoms with Gasteiger partial charge in [0.15, 0.2) is 0 Å². The third kappa shape index (κ3) is 4.55. The van der Waals surface area contributed by atoms with Gasteiger partial charge in [-0.2, -0.15) is 0 Å². The third-order valence-electron chi connectivity index (χ3n) is 2.53. The number of pyridine rings is 1. The van der Waals surface area contributed by atoms with Crippen molar-refractivity contribution in [2.24, 2.45) is 0 Å². The molecule has 0 aliphatic rings. The van der Waals surface area contributed by atoms with Crippen LogP contribution < -0.4 is 10.1 Å². The number of aromatic nitrogens is 1. The zero-order valence-corrected chi connectivity index (χ0v) is 12.0. The molecule has 0 bridgehead atoms. The van der Waals surface area contributed by atoms with E-state index in [0.29, 0.717) is 12.2 Å². The van der Waals surface area contributed by atoms with E-state index in [2.05, 4.69) is 17.2 Å². The van der Waals surface area contributed by atoms with Gasteiger partial charge < -0.3 is 10.1 Å². The van der Waals surface area contributed by atoms with Gasteiger partial charge in [-0.1, -0.05) is 6.92 Å². The van der Waals surface area contributed by atoms with Gasteiger partial charge in [0.1, 0.15) is 5.75 Å². The molecule has 106 valence electrons. The van der Waals surface area contributed by atoms with Crippen molar-refractivity contribution in [3.05, 3.63) is 54.4 Å². The lowest BCUT2D eigenvalue weighted by atomic mass is 10.2. The number of halogens is 1. The average molecular weight is 293 g/mol. The van der Waals surface area contributed by atoms with Crippen molar-refractivity contribution < 1.29 is 9.53 Å². The molecule has 1 amide bonds. The average Bonchev–Trinajstić information content (AvgIpc) is 2.47. The fourth-order valence-corrected chi connectivity index (χ4v) is 1.56. The fourth-order valence-electron chi connectivity index (χ4n) is 1.56. The van der Waals surface area contributed by atoms with Gasteiger partial charge in [0.2, 0.25) is 0 Å². The van der Waals surface area contributed by atoms with Crippen molar-refractivity contribution in [1.29, 1.82) is 0 Å². The van der Waals surface area contributed by atoms with E-state index in [4.69, 9.17) is 4.74 Å². The van der Waals surface area contributed by atoms with Crippen molar-refractivity contribution in [3.63, 3.8) is 0 Å². The van der Waals surface area contributed by atoms with Crippen LogP contribution in [-0.4, -0.2) is 17.5 Å². The molecule has 0 aliphatic carbocycles. The fraction of sp³-hybridized carbons (Fsp3) is 0.200. The van der Waals surface area contributed by atoms with Crippen LogP contribution >= 0.6 is 12.4 Å². The Balaban J connectivity index is 0.00000200. The molecule has 5 heteroatoms. The van der Waals surface area contributed by atoms with Crippen LogP contribution in [0.15, 0.2) is 48.8 Å². The van der Waals surface area contributed by atoms with Gasteiger partial charge in [0.05, 0.1) is 6.61 Å². The molecule has 1 heterocycles. The predicted molar refractivity (Wildman–Crippen MR) is 81.7 cm³/mol. The second-order valence-electron chi connectivity index (χ2n) is 4.06. The van der Waals surface area contributed by atoms with Crippen LogP contribution in [0.5, 0.6) is 5.75 Å². The van der Waals surface area contributed by atoms with Crippen molar-refractivity contribution in [2.75, 3.05) is 11.9 Å². The van der Waals surface area contributed by atoms with E-state index in [1.807, 2.05) is 24.3 Å². The molecule has 20 heavy (non-hydrogen) atoms. The molecule has 4 nitrogen and oxygen atoms in total. The standard InChI is InChI=1S/C15H16N2O2.ClH/c1-2-11-19-14-5-3-13(4-6-14)17-15(18)12-7-9-16-10-8-12;/h3-10H,2,11H2,1H3,(H,17,18);1H. The number of hydrogen-bond acceptors (Lipinski definition) is 3. The van der Waals surface area contributed by atoms with Crippen LogP contribution in [0.1, 0.15) is 23.7 Å². The van der Waals surface area contributed by atoms with Crippen molar-refractivity contribution >= 4 is 24.0 Å². The van der Waals surface area contributed by atoms with Gasteiger partial charge in [-0.05, 0) is 42.8 Å². The number of ether oxygens (including phenoxy) is 1. The molecule has 0 radical (unpaired) electrons. The van der Waals surface area contributed by atoms with E-state index in [0.717, 1.165) is 17.9 Å². The molecule has 0 atom stereocenters. The van der Waals surface area contributed by atoms with E-state index < -0.39 is 0 Å². The Morgan fingerprint density at radius 1 is 1.15 bits per heavy atom. The summed E-state index contributed by atoms with van der Waals surface area (Å²) in [6, 6.07) is 10.7. The first-order chi connectivity index (χ1) is 9.29. The van der Waals surface area contributed by atoms with Gasteiger partial charge >= 0.3 is 0 Å². The minimum Gasteiger partial charge on any atom is -0.494 e. The van der Waals surface area contributed by atoms with Gasteiger partial charge in [-0.25, -0.2) is 0 Å². The van der Waals surface area contributed by atoms with Gasteiger partial charge in [0.25, 0.3) is 5.91 Å². The maximum atomic E-state index is 11.9. The number of carbonyl (C=O) groups excluding carboxylic acids is 1. The minimum atomic E-state index is -0.148. The highest BCUT2D eigenvalue weighted by Crippen LogP contribution is 2.16. The molecule has 0 saturated heterocycles. The topological polar surface area (TPSA) is 51.2 Å². The molecule has 0 unspecified atom stereocenters. The smallest absolute Gasteiger partial charge is 0.255 e. The molecule has 1 aromatic heterocycles. The predicted octanol–water partition coefficient (Wildman–Crippen LogP) is 3.54. The highest BCUT2D eigenvalue weighted by molar-refractivity contribution is 6.04. The van der Waals surface area contributed by atoms with Crippen molar-refractivity contribution in [1.82, 2.24) is 4.98 Å². The van der Waals surface area contributed by atoms with Gasteiger partial charge in [-0.15, -0.1) is 12.4 Å². The number of amides is 1. The Morgan fingerprint density at radius 2 is 1.80 bits per heavy atom. The summed E-state index contributed by atoms with van der Waals surface area (Å²) in [7, 11) is 0. The Kier molecular flexibility index (Phi) is 6.53. The summed E-state index contributed by atoms with van der Waals surface area (Å²) in [6.45, 7) is 2.76. The highest BCUT2D eigenvalue weighted by Gasteiger charge is 2.05. The Hall–Kier alpha value is -2.07. The summed E-state index contributed by atoms with van der Waals surface area (Å²) in [4.78, 5) is 15.8. The number of nitrogens with one attached hydrogen (secondary N) is 1. The molecule has 0 spiro atoms. The summed E-state index contributed by atoms with van der Waals surface area (Å²) >= 11 is 0. The highest BCUT2D eigenvalue weighted by atomic mass is 35.5. The number of anilines is 1. The zero-order chi connectivity index (χ0) is 13.5. The number of benzene rings is 1. The summed E-state index contributed by atoms with van der Waals surface area (Å²) in [5.41, 5.74) is 1.33. The number of rotatable bonds is 5. The first-order valence-electron chi connectivity index (χ1n) is 6.24. The maximum Gasteiger partial charge on any atom is 0.255 e. The summed E-state index contributed by atoms with van der Waals surface area (Å²) in [5.74, 6) is 0.661. The lowest BCUT2D eigenvalue weighted by Crippen LogP contribution is -2.11. The summed E-state index contributed by atoms with van der Waals surface area (Å²) < 4.78 is 5.48. The van der Waals surface area contributed by atoms with Crippen molar-refractivity contribution in [3.8, 4) is 5.75 Å². The van der Waals surface area contributed by atoms with Crippen LogP contribution in [-0.2, 0) is 0 Å². The van der Waals surface area contributed by atoms with E-state index in [9.17, 15) is 4.79 Å². The zero-order valence-electron chi connectivity index (χ0n) is 11.2. The maximum absolute atomic E-state index is 11.9. The second-order valence-corrected chi connectivity index (χ2v) is 4.06. The quantitative estimate of drug-likeness (QED) is 0.917. The molecule has 0 fully saturated rings. The Labute approximate surface area is 124 Å². The Morgan fingerprint density at radius 3 is 2.40 bits per heavy atom. The molecule has 1 aromatic carbocycles. The second kappa shape index (κ2) is 8.17. The van der Waals surface area contributed by atoms with E-state index in [1.54, 1.807) is 24.5 Å². The molecule has 2 aromatic rings. The Bertz CT molecular complexity index is 529. The van der Waals surface area contributed by atoms with E-state index >= 15 is 0 Å². The van der Waals surface area contributed by atoms with Gasteiger partial charge in [-0.3, -0.25) is 9.78 Å². The molecular formula is C15H17ClN2O2. The molecule has 0 aliphatic heterocycles. The number of hydrogen-bond donors (Lipinski definition) is 1. The summed E-state index contributed by atoms with van der Waals surface area (Å²) in [5, 5.41) is 2.82. The SMILES string of the molecule is CCCOc1ccc(NC(=O)c2ccncc2)cc1.Cl. The summed E-state index contributed by atoms with van der Waals surface area (Å²) in [6.07, 6.45) is 4.16. The lowest BCUT2D eigenvalue weighted by molar-refractivity contribution is 0.102. The monoisotopic (exact) mass is 292 g/mol. The normalized spacial score (nSPS) is 9.45. The first kappa shape index (κ1) is 16.0. The van der Waals surface area contributed by atoms with Gasteiger partial charge in [0, 0.05) is 23.6 Å². The number of nitrogens with zero attached hydrogens (tertiary/aromatic N) is 1. The largest absolute Gasteiger partial charge is 0.494 e.